The van der Waals surface area contributed by atoms with E-state index in [0.29, 0.717) is 0 Å². The third-order valence-electron chi connectivity index (χ3n) is 1.65. The van der Waals surface area contributed by atoms with E-state index < -0.39 is 15.1 Å². The van der Waals surface area contributed by atoms with Gasteiger partial charge in [-0.15, -0.1) is 0 Å². The summed E-state index contributed by atoms with van der Waals surface area (Å²) in [5.74, 6) is 0. The van der Waals surface area contributed by atoms with Crippen molar-refractivity contribution >= 4 is 15.1 Å². The van der Waals surface area contributed by atoms with E-state index in [-0.39, 0.29) is 6.54 Å². The zero-order chi connectivity index (χ0) is 10.5. The van der Waals surface area contributed by atoms with E-state index in [9.17, 15) is 4.79 Å². The van der Waals surface area contributed by atoms with Gasteiger partial charge in [0.15, 0.2) is 0 Å². The molecule has 0 radical (unpaired) electrons. The first-order valence-electron chi connectivity index (χ1n) is 3.74. The molecule has 0 saturated heterocycles. The van der Waals surface area contributed by atoms with Gasteiger partial charge in [-0.2, -0.15) is 0 Å². The largest absolute Gasteiger partial charge is 0.637 e. The van der Waals surface area contributed by atoms with Crippen LogP contribution in [-0.4, -0.2) is 52.6 Å². The van der Waals surface area contributed by atoms with Crippen LogP contribution in [0.2, 0.25) is 0 Å². The average molecular weight is 209 g/mol. The number of nitrogens with zero attached hydrogens (tertiary/aromatic N) is 1. The summed E-state index contributed by atoms with van der Waals surface area (Å²) in [4.78, 5) is 10.8. The predicted octanol–water partition coefficient (Wildman–Crippen LogP) is 0.361. The van der Waals surface area contributed by atoms with Gasteiger partial charge in [0.1, 0.15) is 0 Å². The van der Waals surface area contributed by atoms with Gasteiger partial charge in [0, 0.05) is 27.9 Å². The minimum Gasteiger partial charge on any atom is -0.465 e. The normalized spacial score (nSPS) is 11.4. The SMILES string of the molecule is CCN(C(=O)O)[Si](OC)(OC)OC. The van der Waals surface area contributed by atoms with Crippen LogP contribution in [0.5, 0.6) is 0 Å². The topological polar surface area (TPSA) is 68.2 Å². The van der Waals surface area contributed by atoms with Gasteiger partial charge in [-0.25, -0.2) is 4.79 Å². The molecule has 0 spiro atoms. The van der Waals surface area contributed by atoms with Gasteiger partial charge < -0.3 is 18.4 Å². The lowest BCUT2D eigenvalue weighted by Crippen LogP contribution is -2.61. The molecule has 0 heterocycles. The van der Waals surface area contributed by atoms with Crippen LogP contribution in [0.1, 0.15) is 6.92 Å². The van der Waals surface area contributed by atoms with Gasteiger partial charge in [0.25, 0.3) is 0 Å². The smallest absolute Gasteiger partial charge is 0.465 e. The fourth-order valence-corrected chi connectivity index (χ4v) is 2.81. The molecule has 0 unspecified atom stereocenters. The highest BCUT2D eigenvalue weighted by molar-refractivity contribution is 6.60. The van der Waals surface area contributed by atoms with E-state index in [1.807, 2.05) is 0 Å². The second-order valence-electron chi connectivity index (χ2n) is 2.16. The molecule has 0 aromatic rings. The highest BCUT2D eigenvalue weighted by Crippen LogP contribution is 2.12. The summed E-state index contributed by atoms with van der Waals surface area (Å²) < 4.78 is 16.0. The fraction of sp³-hybridized carbons (Fsp3) is 0.833. The number of carboxylic acid groups (broad SMARTS) is 1. The molecule has 78 valence electrons. The minimum atomic E-state index is -3.18. The van der Waals surface area contributed by atoms with Crippen LogP contribution in [0.4, 0.5) is 4.79 Å². The molecule has 13 heavy (non-hydrogen) atoms. The Morgan fingerprint density at radius 3 is 1.77 bits per heavy atom. The quantitative estimate of drug-likeness (QED) is 0.662. The first-order chi connectivity index (χ1) is 6.07. The van der Waals surface area contributed by atoms with E-state index in [1.165, 1.54) is 21.3 Å². The maximum atomic E-state index is 10.8. The molecule has 0 saturated carbocycles. The van der Waals surface area contributed by atoms with Gasteiger partial charge in [-0.3, -0.25) is 4.57 Å². The van der Waals surface area contributed by atoms with Crippen LogP contribution < -0.4 is 0 Å². The lowest BCUT2D eigenvalue weighted by molar-refractivity contribution is 0.0583. The molecule has 6 nitrogen and oxygen atoms in total. The molecule has 0 aliphatic carbocycles. The van der Waals surface area contributed by atoms with Crippen LogP contribution in [0.15, 0.2) is 0 Å². The van der Waals surface area contributed by atoms with Gasteiger partial charge in [-0.05, 0) is 6.92 Å². The molecule has 0 bridgehead atoms. The maximum Gasteiger partial charge on any atom is 0.637 e. The van der Waals surface area contributed by atoms with Crippen LogP contribution in [0, 0.1) is 0 Å². The van der Waals surface area contributed by atoms with Gasteiger partial charge in [0.05, 0.1) is 0 Å². The highest BCUT2D eigenvalue weighted by atomic mass is 28.4. The molecule has 0 atom stereocenters. The van der Waals surface area contributed by atoms with E-state index >= 15 is 0 Å². The summed E-state index contributed by atoms with van der Waals surface area (Å²) in [6.07, 6.45) is -1.11. The summed E-state index contributed by atoms with van der Waals surface area (Å²) in [5.41, 5.74) is 0. The monoisotopic (exact) mass is 209 g/mol. The Hall–Kier alpha value is -0.633. The summed E-state index contributed by atoms with van der Waals surface area (Å²) in [7, 11) is 0.922. The Kier molecular flexibility index (Phi) is 4.92. The van der Waals surface area contributed by atoms with Crippen molar-refractivity contribution in [3.8, 4) is 0 Å². The van der Waals surface area contributed by atoms with Gasteiger partial charge >= 0.3 is 15.1 Å². The molecule has 0 aliphatic rings. The minimum absolute atomic E-state index is 0.261. The molecule has 0 aromatic heterocycles. The standard InChI is InChI=1S/C6H15NO5Si/c1-5-7(6(8)9)13(10-2,11-3)12-4/h5H2,1-4H3,(H,8,9). The molecule has 7 heteroatoms. The Balaban J connectivity index is 4.76. The first kappa shape index (κ1) is 12.4. The molecule has 0 fully saturated rings. The Morgan fingerprint density at radius 1 is 1.31 bits per heavy atom. The molecule has 0 rings (SSSR count). The molecular formula is C6H15NO5Si. The summed E-state index contributed by atoms with van der Waals surface area (Å²) >= 11 is 0. The summed E-state index contributed by atoms with van der Waals surface area (Å²) in [5, 5.41) is 8.82. The summed E-state index contributed by atoms with van der Waals surface area (Å²) in [6, 6.07) is 0. The van der Waals surface area contributed by atoms with Gasteiger partial charge in [-0.1, -0.05) is 0 Å². The molecule has 0 aliphatic heterocycles. The molecular weight excluding hydrogens is 194 g/mol. The third kappa shape index (κ3) is 2.40. The lowest BCUT2D eigenvalue weighted by atomic mass is 10.8. The molecule has 1 N–H and O–H groups in total. The van der Waals surface area contributed by atoms with Crippen molar-refractivity contribution in [1.29, 1.82) is 0 Å². The van der Waals surface area contributed by atoms with E-state index in [1.54, 1.807) is 6.92 Å². The third-order valence-corrected chi connectivity index (χ3v) is 4.37. The Labute approximate surface area is 78.5 Å². The molecule has 1 amide bonds. The number of hydrogen-bond acceptors (Lipinski definition) is 4. The van der Waals surface area contributed by atoms with Crippen molar-refractivity contribution in [3.05, 3.63) is 0 Å². The van der Waals surface area contributed by atoms with Crippen molar-refractivity contribution < 1.29 is 23.2 Å². The van der Waals surface area contributed by atoms with Crippen LogP contribution in [-0.2, 0) is 13.3 Å². The lowest BCUT2D eigenvalue weighted by Gasteiger charge is -2.31. The summed E-state index contributed by atoms with van der Waals surface area (Å²) in [6.45, 7) is 1.95. The van der Waals surface area contributed by atoms with Crippen LogP contribution in [0.25, 0.3) is 0 Å². The van der Waals surface area contributed by atoms with Crippen molar-refractivity contribution in [2.75, 3.05) is 27.9 Å². The van der Waals surface area contributed by atoms with Gasteiger partial charge in [0.2, 0.25) is 0 Å². The zero-order valence-electron chi connectivity index (χ0n) is 8.23. The van der Waals surface area contributed by atoms with Crippen LogP contribution in [0.3, 0.4) is 0 Å². The van der Waals surface area contributed by atoms with Crippen molar-refractivity contribution in [1.82, 2.24) is 4.57 Å². The number of rotatable bonds is 5. The average Bonchev–Trinajstić information content (AvgIpc) is 2.13. The predicted molar refractivity (Wildman–Crippen MR) is 47.2 cm³/mol. The zero-order valence-corrected chi connectivity index (χ0v) is 9.23. The molecule has 0 aromatic carbocycles. The van der Waals surface area contributed by atoms with E-state index in [4.69, 9.17) is 18.4 Å². The van der Waals surface area contributed by atoms with Crippen molar-refractivity contribution in [2.45, 2.75) is 6.92 Å². The Bertz CT molecular complexity index is 164. The number of hydrogen-bond donors (Lipinski definition) is 1. The first-order valence-corrected chi connectivity index (χ1v) is 5.41. The Morgan fingerprint density at radius 2 is 1.69 bits per heavy atom. The fourth-order valence-electron chi connectivity index (χ4n) is 1.03. The van der Waals surface area contributed by atoms with Crippen molar-refractivity contribution in [2.24, 2.45) is 0 Å². The number of amides is 1. The number of carbonyl (C=O) groups is 1. The maximum absolute atomic E-state index is 10.8. The van der Waals surface area contributed by atoms with Crippen molar-refractivity contribution in [3.63, 3.8) is 0 Å². The van der Waals surface area contributed by atoms with Crippen LogP contribution >= 0.6 is 0 Å². The van der Waals surface area contributed by atoms with E-state index in [2.05, 4.69) is 0 Å². The second-order valence-corrected chi connectivity index (χ2v) is 4.98. The van der Waals surface area contributed by atoms with E-state index in [0.717, 1.165) is 4.57 Å². The second kappa shape index (κ2) is 5.17. The highest BCUT2D eigenvalue weighted by Gasteiger charge is 2.49.